The zero-order valence-corrected chi connectivity index (χ0v) is 83.6. The van der Waals surface area contributed by atoms with E-state index in [-0.39, 0.29) is 78.0 Å². The third-order valence-electron chi connectivity index (χ3n) is 21.3. The molecule has 136 heavy (non-hydrogen) atoms. The van der Waals surface area contributed by atoms with Crippen molar-refractivity contribution >= 4 is 88.9 Å². The molecule has 0 fully saturated rings. The number of nitrogens with zero attached hydrogens (tertiary/aromatic N) is 5. The molecule has 0 aliphatic carbocycles. The fraction of sp³-hybridized carbons (Fsp3) is 0.311. The van der Waals surface area contributed by atoms with Crippen LogP contribution in [0, 0.1) is 0 Å². The predicted octanol–water partition coefficient (Wildman–Crippen LogP) is 19.4. The molecule has 6 heterocycles. The summed E-state index contributed by atoms with van der Waals surface area (Å²) in [5.41, 5.74) is 14.0. The third kappa shape index (κ3) is 33.4. The molecule has 728 valence electrons. The van der Waals surface area contributed by atoms with Gasteiger partial charge in [0.25, 0.3) is 11.9 Å². The molecule has 0 saturated heterocycles. The van der Waals surface area contributed by atoms with Gasteiger partial charge in [0.2, 0.25) is 0 Å². The van der Waals surface area contributed by atoms with Gasteiger partial charge < -0.3 is 87.5 Å². The Morgan fingerprint density at radius 2 is 0.721 bits per heavy atom. The number of aromatic nitrogens is 3. The van der Waals surface area contributed by atoms with Gasteiger partial charge in [-0.15, -0.1) is 12.4 Å². The van der Waals surface area contributed by atoms with Crippen LogP contribution in [0.4, 0.5) is 9.59 Å². The van der Waals surface area contributed by atoms with E-state index in [1.54, 1.807) is 81.7 Å². The third-order valence-corrected chi connectivity index (χ3v) is 24.6. The summed E-state index contributed by atoms with van der Waals surface area (Å²) in [6.45, 7) is 15.6. The Hall–Kier alpha value is -12.1. The zero-order valence-electron chi connectivity index (χ0n) is 78.7. The van der Waals surface area contributed by atoms with Crippen LogP contribution in [-0.4, -0.2) is 171 Å². The summed E-state index contributed by atoms with van der Waals surface area (Å²) in [4.78, 5) is 59.9. The number of benzene rings is 9. The van der Waals surface area contributed by atoms with E-state index in [4.69, 9.17) is 82.0 Å². The summed E-state index contributed by atoms with van der Waals surface area (Å²) < 4.78 is 61.3. The molecule has 0 saturated carbocycles. The van der Waals surface area contributed by atoms with E-state index in [1.807, 2.05) is 99.9 Å². The first kappa shape index (κ1) is 114. The van der Waals surface area contributed by atoms with Crippen molar-refractivity contribution in [3.05, 3.63) is 310 Å². The quantitative estimate of drug-likeness (QED) is 0.0330. The maximum atomic E-state index is 13.2. The van der Waals surface area contributed by atoms with Crippen molar-refractivity contribution in [2.45, 2.75) is 138 Å². The fourth-order valence-corrected chi connectivity index (χ4v) is 18.2. The number of ether oxygens (including phenoxy) is 11. The molecule has 12 aromatic rings. The molecule has 3 unspecified atom stereocenters. The van der Waals surface area contributed by atoms with Crippen molar-refractivity contribution in [1.82, 2.24) is 30.1 Å². The molecule has 3 atom stereocenters. The number of halogens is 2. The second-order valence-corrected chi connectivity index (χ2v) is 36.0. The molecule has 0 spiro atoms. The summed E-state index contributed by atoms with van der Waals surface area (Å²) in [6.07, 6.45) is 14.0. The van der Waals surface area contributed by atoms with Crippen molar-refractivity contribution in [2.75, 3.05) is 83.6 Å². The number of hydrogen-bond acceptors (Lipinski definition) is 21. The van der Waals surface area contributed by atoms with E-state index in [0.29, 0.717) is 66.6 Å². The molecule has 25 nitrogen and oxygen atoms in total. The first-order valence-electron chi connectivity index (χ1n) is 43.0. The standard InChI is InChI=1S/C29H34N2O5.C24H26N2O3.C23H28BrNO4.C18H15P.C6H8BNO3.2C2H4O2.2CH4.ClH.Pd/c1-29(2,3)36-28(32)31-14-12-21-16-25(33-4)26(34-5)17-23(21)24(31)15-19-7-9-20(10-8-19)22-11-13-30-18-27(22)35-6;1-27-22-13-18-8-11-26-21(20(18)14-23(22)28-2)12-16-4-6-17(7-5-16)19-9-10-25-15-24(19)29-3;1-23(2,3)29-22(26)25-11-10-16-13-20(27-4)21(28-5)14-18(16)19(25)12-15-6-8-17(24)9-7-15;1-4-10-16(11-5-1)19(17-12-6-2-7-13-17)18-14-8-3-9-15-18;1-11-6-4-8-3-2-5(6)7(9)10;2*1-2(3)4;;;;/h7-11,13,16-18,24H,12,14-15H2,1-6H3;4-7,9-10,13-15,21,26H,8,11-12H2,1-3H3;6-9,13-14,19H,10-12H2,1-5H3;1-15H;2-4,9-10H,1H3;2*1H3,(H,3,4);2*1H4;1H;/p+1. The summed E-state index contributed by atoms with van der Waals surface area (Å²) in [5, 5.41) is 40.4. The number of hydrogen-bond donors (Lipinski definition) is 5. The van der Waals surface area contributed by atoms with Crippen LogP contribution in [0.25, 0.3) is 22.3 Å². The molecule has 15 rings (SSSR count). The van der Waals surface area contributed by atoms with E-state index in [0.717, 1.165) is 117 Å². The predicted molar refractivity (Wildman–Crippen MR) is 544 cm³/mol. The van der Waals surface area contributed by atoms with Gasteiger partial charge in [-0.25, -0.2) is 9.59 Å². The van der Waals surface area contributed by atoms with Gasteiger partial charge in [-0.2, -0.15) is 0 Å². The Labute approximate surface area is 831 Å². The minimum absolute atomic E-state index is 0. The fourth-order valence-electron chi connectivity index (χ4n) is 15.3. The van der Waals surface area contributed by atoms with E-state index in [9.17, 15) is 9.59 Å². The zero-order chi connectivity index (χ0) is 95.6. The van der Waals surface area contributed by atoms with Gasteiger partial charge >= 0.3 is 19.3 Å². The Bertz CT molecular complexity index is 5590. The minimum Gasteiger partial charge on any atom is -0.496 e. The molecular formula is C106H129BBrClN6O19PPd+. The molecule has 0 bridgehead atoms. The van der Waals surface area contributed by atoms with Crippen LogP contribution >= 0.6 is 36.3 Å². The number of methoxy groups -OCH3 is 9. The Morgan fingerprint density at radius 3 is 1.04 bits per heavy atom. The van der Waals surface area contributed by atoms with Gasteiger partial charge in [0.05, 0.1) is 103 Å². The average Bonchev–Trinajstić information content (AvgIpc) is 0.775. The van der Waals surface area contributed by atoms with Crippen LogP contribution in [0.15, 0.2) is 260 Å². The van der Waals surface area contributed by atoms with Crippen molar-refractivity contribution < 1.29 is 112 Å². The molecule has 3 aliphatic heterocycles. The van der Waals surface area contributed by atoms with Crippen LogP contribution in [0.3, 0.4) is 0 Å². The molecule has 3 aliphatic rings. The number of aliphatic carboxylic acids is 2. The number of rotatable bonds is 21. The van der Waals surface area contributed by atoms with Crippen LogP contribution in [0.2, 0.25) is 0 Å². The van der Waals surface area contributed by atoms with Crippen molar-refractivity contribution in [3.63, 3.8) is 0 Å². The van der Waals surface area contributed by atoms with Gasteiger partial charge in [0, 0.05) is 93.1 Å². The molecule has 5 N–H and O–H groups in total. The van der Waals surface area contributed by atoms with Crippen molar-refractivity contribution in [1.29, 1.82) is 0 Å². The van der Waals surface area contributed by atoms with Gasteiger partial charge in [0.1, 0.15) is 44.4 Å². The molecule has 0 radical (unpaired) electrons. The van der Waals surface area contributed by atoms with Crippen LogP contribution in [-0.2, 0) is 78.0 Å². The first-order valence-corrected chi connectivity index (χ1v) is 45.3. The minimum atomic E-state index is -1.51. The Balaban J connectivity index is 0.000000301. The van der Waals surface area contributed by atoms with Crippen LogP contribution < -0.4 is 69.3 Å². The largest absolute Gasteiger partial charge is 0.496 e. The maximum absolute atomic E-state index is 13.2. The van der Waals surface area contributed by atoms with E-state index in [2.05, 4.69) is 200 Å². The van der Waals surface area contributed by atoms with Gasteiger partial charge in [0.15, 0.2) is 34.5 Å². The molecule has 30 heteroatoms. The van der Waals surface area contributed by atoms with E-state index in [1.165, 1.54) is 63.7 Å². The number of carbonyl (C=O) groups is 4. The second kappa shape index (κ2) is 56.4. The summed E-state index contributed by atoms with van der Waals surface area (Å²) in [5.74, 6) is 4.50. The normalized spacial score (nSPS) is 13.4. The SMILES string of the molecule is C.C.CC(=O)O.CC(=O)O.COc1cc2c(cc1OC)C(Cc1ccc(-c3ccncc3OC)cc1)N(C(=O)OC(C)(C)C)CC2.COc1cc2c(cc1OC)C(Cc1ccc(-c3ccncc3OC)cc1)NCC2.COc1cc2c(cc1OC)C(Cc1ccc(Br)cc1)N(C(=O)OC(C)(C)C)CC2.COc1cnccc1B(O)O.Cl.[Pd].c1ccc([PH+](c2ccccc2)c2ccccc2)cc1. The van der Waals surface area contributed by atoms with Gasteiger partial charge in [-0.3, -0.25) is 24.5 Å². The van der Waals surface area contributed by atoms with Gasteiger partial charge in [-0.05, 0) is 251 Å². The summed E-state index contributed by atoms with van der Waals surface area (Å²) >= 11 is 3.48. The molecule has 3 aromatic heterocycles. The number of carboxylic acid groups (broad SMARTS) is 2. The van der Waals surface area contributed by atoms with Gasteiger partial charge in [-0.1, -0.05) is 146 Å². The summed E-state index contributed by atoms with van der Waals surface area (Å²) in [7, 11) is 12.3. The number of amides is 2. The summed E-state index contributed by atoms with van der Waals surface area (Å²) in [6, 6.07) is 75.2. The number of carboxylic acids is 2. The van der Waals surface area contributed by atoms with E-state index < -0.39 is 38.2 Å². The second-order valence-electron chi connectivity index (χ2n) is 32.6. The smallest absolute Gasteiger partial charge is 0.492 e. The molecule has 9 aromatic carbocycles. The van der Waals surface area contributed by atoms with Crippen molar-refractivity contribution in [3.8, 4) is 74.0 Å². The van der Waals surface area contributed by atoms with Crippen molar-refractivity contribution in [2.24, 2.45) is 0 Å². The van der Waals surface area contributed by atoms with E-state index >= 15 is 0 Å². The topological polar surface area (TPSA) is 308 Å². The number of nitrogens with one attached hydrogen (secondary N) is 1. The Morgan fingerprint density at radius 1 is 0.419 bits per heavy atom. The molecule has 2 amide bonds. The number of carbonyl (C=O) groups excluding carboxylic acids is 2. The molecular weight excluding hydrogens is 1920 g/mol. The average molecular weight is 2050 g/mol. The first-order chi connectivity index (χ1) is 63.3. The number of pyridine rings is 3. The van der Waals surface area contributed by atoms with Crippen LogP contribution in [0.5, 0.6) is 51.7 Å². The monoisotopic (exact) mass is 2050 g/mol. The maximum Gasteiger partial charge on any atom is 0.492 e. The number of fused-ring (bicyclic) bond motifs is 3. The van der Waals surface area contributed by atoms with Crippen LogP contribution in [0.1, 0.15) is 138 Å². The Kier molecular flexibility index (Phi) is 47.5.